The summed E-state index contributed by atoms with van der Waals surface area (Å²) in [6, 6.07) is -0.928. The standard InChI is InChI=1S/C26H42N6O9/c1-16(2)24(25(38)29-12-21(35)30-15-41-14-18-4-5-18)31-22(36)13-28-20(34)11-27-19(33)6-8-40-9-7-32-23(37)10-17(3)26(32)39/h16-18,24H,4-15H2,1-3H3,(H,27,33)(H,28,34)(H,29,38)(H,30,35)(H,31,36). The van der Waals surface area contributed by atoms with Crippen molar-refractivity contribution in [3.05, 3.63) is 0 Å². The SMILES string of the molecule is CC1CC(=O)N(CCOCCC(=O)NCC(=O)NCC(=O)NC(C(=O)NCC(=O)NCOCC2CC2)C(C)C)C1=O. The lowest BCUT2D eigenvalue weighted by Gasteiger charge is -2.21. The van der Waals surface area contributed by atoms with Gasteiger partial charge in [-0.1, -0.05) is 20.8 Å². The summed E-state index contributed by atoms with van der Waals surface area (Å²) in [7, 11) is 0. The Hall–Kier alpha value is -3.59. The number of carbonyl (C=O) groups is 7. The number of ether oxygens (including phenoxy) is 2. The number of rotatable bonds is 19. The molecule has 15 nitrogen and oxygen atoms in total. The third-order valence-electron chi connectivity index (χ3n) is 6.41. The average Bonchev–Trinajstić information content (AvgIpc) is 3.72. The van der Waals surface area contributed by atoms with Crippen LogP contribution in [0.3, 0.4) is 0 Å². The van der Waals surface area contributed by atoms with E-state index in [0.717, 1.165) is 17.7 Å². The van der Waals surface area contributed by atoms with Gasteiger partial charge in [0.25, 0.3) is 0 Å². The maximum absolute atomic E-state index is 12.5. The van der Waals surface area contributed by atoms with E-state index in [1.807, 2.05) is 0 Å². The summed E-state index contributed by atoms with van der Waals surface area (Å²) in [5, 5.41) is 12.3. The highest BCUT2D eigenvalue weighted by Crippen LogP contribution is 2.28. The maximum atomic E-state index is 12.5. The van der Waals surface area contributed by atoms with E-state index in [9.17, 15) is 33.6 Å². The largest absolute Gasteiger partial charge is 0.379 e. The van der Waals surface area contributed by atoms with Gasteiger partial charge >= 0.3 is 0 Å². The van der Waals surface area contributed by atoms with E-state index in [0.29, 0.717) is 12.5 Å². The minimum atomic E-state index is -0.928. The summed E-state index contributed by atoms with van der Waals surface area (Å²) in [5.41, 5.74) is 0. The molecular weight excluding hydrogens is 540 g/mol. The van der Waals surface area contributed by atoms with Crippen LogP contribution in [-0.4, -0.2) is 105 Å². The smallest absolute Gasteiger partial charge is 0.243 e. The van der Waals surface area contributed by atoms with Gasteiger partial charge in [0, 0.05) is 18.8 Å². The molecule has 7 amide bonds. The second-order valence-corrected chi connectivity index (χ2v) is 10.5. The minimum absolute atomic E-state index is 0.0378. The van der Waals surface area contributed by atoms with Crippen molar-refractivity contribution in [2.45, 2.75) is 52.5 Å². The second-order valence-electron chi connectivity index (χ2n) is 10.5. The number of hydrogen-bond acceptors (Lipinski definition) is 9. The highest BCUT2D eigenvalue weighted by molar-refractivity contribution is 6.03. The summed E-state index contributed by atoms with van der Waals surface area (Å²) >= 11 is 0. The molecule has 0 bridgehead atoms. The summed E-state index contributed by atoms with van der Waals surface area (Å²) in [5.74, 6) is -3.17. The van der Waals surface area contributed by atoms with E-state index in [1.165, 1.54) is 0 Å². The highest BCUT2D eigenvalue weighted by atomic mass is 16.5. The van der Waals surface area contributed by atoms with Gasteiger partial charge in [-0.15, -0.1) is 0 Å². The van der Waals surface area contributed by atoms with Gasteiger partial charge in [-0.05, 0) is 24.7 Å². The van der Waals surface area contributed by atoms with E-state index < -0.39 is 42.1 Å². The molecule has 2 atom stereocenters. The van der Waals surface area contributed by atoms with Crippen LogP contribution < -0.4 is 26.6 Å². The Morgan fingerprint density at radius 3 is 2.12 bits per heavy atom. The maximum Gasteiger partial charge on any atom is 0.243 e. The Morgan fingerprint density at radius 2 is 1.49 bits per heavy atom. The van der Waals surface area contributed by atoms with E-state index >= 15 is 0 Å². The molecule has 2 unspecified atom stereocenters. The molecule has 1 aliphatic carbocycles. The van der Waals surface area contributed by atoms with E-state index in [-0.39, 0.29) is 76.1 Å². The van der Waals surface area contributed by atoms with Gasteiger partial charge in [-0.2, -0.15) is 0 Å². The van der Waals surface area contributed by atoms with Crippen LogP contribution in [-0.2, 0) is 43.0 Å². The summed E-state index contributed by atoms with van der Waals surface area (Å²) in [6.45, 7) is 5.00. The Morgan fingerprint density at radius 1 is 0.854 bits per heavy atom. The third kappa shape index (κ3) is 13.1. The Balaban J connectivity index is 1.55. The Kier molecular flexibility index (Phi) is 14.2. The molecule has 2 fully saturated rings. The quantitative estimate of drug-likeness (QED) is 0.0635. The van der Waals surface area contributed by atoms with Gasteiger partial charge in [0.2, 0.25) is 41.4 Å². The number of hydrogen-bond donors (Lipinski definition) is 5. The predicted molar refractivity (Wildman–Crippen MR) is 143 cm³/mol. The Bertz CT molecular complexity index is 969. The summed E-state index contributed by atoms with van der Waals surface area (Å²) in [6.07, 6.45) is 2.43. The van der Waals surface area contributed by atoms with E-state index in [4.69, 9.17) is 9.47 Å². The molecule has 2 aliphatic rings. The first-order valence-electron chi connectivity index (χ1n) is 13.8. The first-order chi connectivity index (χ1) is 19.5. The van der Waals surface area contributed by atoms with Crippen LogP contribution in [0.4, 0.5) is 0 Å². The molecule has 2 rings (SSSR count). The molecule has 0 aromatic heterocycles. The van der Waals surface area contributed by atoms with Crippen molar-refractivity contribution in [2.75, 3.05) is 52.7 Å². The minimum Gasteiger partial charge on any atom is -0.379 e. The molecule has 41 heavy (non-hydrogen) atoms. The lowest BCUT2D eigenvalue weighted by molar-refractivity contribution is -0.140. The van der Waals surface area contributed by atoms with Crippen molar-refractivity contribution in [3.8, 4) is 0 Å². The molecule has 0 spiro atoms. The first kappa shape index (κ1) is 33.6. The lowest BCUT2D eigenvalue weighted by atomic mass is 10.0. The summed E-state index contributed by atoms with van der Waals surface area (Å²) in [4.78, 5) is 85.3. The highest BCUT2D eigenvalue weighted by Gasteiger charge is 2.35. The van der Waals surface area contributed by atoms with E-state index in [1.54, 1.807) is 20.8 Å². The molecule has 1 saturated carbocycles. The number of likely N-dealkylation sites (tertiary alicyclic amines) is 1. The predicted octanol–water partition coefficient (Wildman–Crippen LogP) is -2.22. The van der Waals surface area contributed by atoms with Gasteiger partial charge < -0.3 is 36.1 Å². The number of nitrogens with one attached hydrogen (secondary N) is 5. The molecule has 230 valence electrons. The molecule has 0 aromatic rings. The van der Waals surface area contributed by atoms with Gasteiger partial charge in [0.1, 0.15) is 12.8 Å². The van der Waals surface area contributed by atoms with Crippen LogP contribution in [0.25, 0.3) is 0 Å². The molecule has 1 heterocycles. The van der Waals surface area contributed by atoms with Crippen LogP contribution in [0.5, 0.6) is 0 Å². The molecule has 0 aromatic carbocycles. The normalized spacial score (nSPS) is 17.3. The van der Waals surface area contributed by atoms with Crippen molar-refractivity contribution in [3.63, 3.8) is 0 Å². The van der Waals surface area contributed by atoms with Gasteiger partial charge in [-0.25, -0.2) is 0 Å². The third-order valence-corrected chi connectivity index (χ3v) is 6.41. The molecule has 15 heteroatoms. The molecule has 5 N–H and O–H groups in total. The van der Waals surface area contributed by atoms with Crippen molar-refractivity contribution in [1.29, 1.82) is 0 Å². The zero-order valence-electron chi connectivity index (χ0n) is 23.9. The fourth-order valence-electron chi connectivity index (χ4n) is 3.76. The number of imide groups is 1. The van der Waals surface area contributed by atoms with Crippen LogP contribution in [0.15, 0.2) is 0 Å². The fourth-order valence-corrected chi connectivity index (χ4v) is 3.76. The van der Waals surface area contributed by atoms with E-state index in [2.05, 4.69) is 26.6 Å². The van der Waals surface area contributed by atoms with Crippen molar-refractivity contribution < 1.29 is 43.0 Å². The summed E-state index contributed by atoms with van der Waals surface area (Å²) < 4.78 is 10.6. The molecule has 1 aliphatic heterocycles. The number of nitrogens with zero attached hydrogens (tertiary/aromatic N) is 1. The average molecular weight is 583 g/mol. The van der Waals surface area contributed by atoms with Crippen molar-refractivity contribution in [1.82, 2.24) is 31.5 Å². The second kappa shape index (κ2) is 17.3. The number of amides is 7. The van der Waals surface area contributed by atoms with Crippen LogP contribution in [0.1, 0.15) is 46.5 Å². The van der Waals surface area contributed by atoms with Crippen LogP contribution in [0.2, 0.25) is 0 Å². The van der Waals surface area contributed by atoms with Gasteiger partial charge in [0.15, 0.2) is 0 Å². The number of carbonyl (C=O) groups excluding carboxylic acids is 7. The van der Waals surface area contributed by atoms with Gasteiger partial charge in [0.05, 0.1) is 46.0 Å². The van der Waals surface area contributed by atoms with Crippen molar-refractivity contribution in [2.24, 2.45) is 17.8 Å². The lowest BCUT2D eigenvalue weighted by Crippen LogP contribution is -2.53. The zero-order valence-corrected chi connectivity index (χ0v) is 23.9. The molecular formula is C26H42N6O9. The molecule has 0 radical (unpaired) electrons. The van der Waals surface area contributed by atoms with Gasteiger partial charge in [-0.3, -0.25) is 38.5 Å². The zero-order chi connectivity index (χ0) is 30.4. The van der Waals surface area contributed by atoms with Crippen LogP contribution >= 0.6 is 0 Å². The Labute approximate surface area is 239 Å². The van der Waals surface area contributed by atoms with Crippen LogP contribution in [0, 0.1) is 17.8 Å². The first-order valence-corrected chi connectivity index (χ1v) is 13.8. The fraction of sp³-hybridized carbons (Fsp3) is 0.731. The monoisotopic (exact) mass is 582 g/mol. The van der Waals surface area contributed by atoms with Crippen molar-refractivity contribution >= 4 is 41.4 Å². The topological polar surface area (TPSA) is 201 Å². The molecule has 1 saturated heterocycles.